The Morgan fingerprint density at radius 1 is 0.731 bits per heavy atom. The molecule has 0 aromatic heterocycles. The molecule has 2 heterocycles. The Balaban J connectivity index is 0. The molecule has 0 unspecified atom stereocenters. The number of phosphoric ester groups is 2. The van der Waals surface area contributed by atoms with Gasteiger partial charge in [-0.25, -0.2) is 9.13 Å². The van der Waals surface area contributed by atoms with Crippen molar-refractivity contribution in [3.05, 3.63) is 13.2 Å². The fourth-order valence-electron chi connectivity index (χ4n) is 1.54. The maximum Gasteiger partial charge on any atom is 0.444 e. The summed E-state index contributed by atoms with van der Waals surface area (Å²) in [6.07, 6.45) is 1.30. The molecule has 0 saturated carbocycles. The van der Waals surface area contributed by atoms with Crippen molar-refractivity contribution < 1.29 is 73.4 Å². The first-order chi connectivity index (χ1) is 10.8. The van der Waals surface area contributed by atoms with E-state index in [1.165, 1.54) is 13.2 Å². The Morgan fingerprint density at radius 3 is 1.23 bits per heavy atom. The van der Waals surface area contributed by atoms with Crippen molar-refractivity contribution >= 4 is 15.6 Å². The first-order valence-electron chi connectivity index (χ1n) is 7.73. The Bertz CT molecular complexity index is 426. The van der Waals surface area contributed by atoms with Gasteiger partial charge < -0.3 is 9.05 Å². The van der Waals surface area contributed by atoms with Crippen LogP contribution in [0.1, 0.15) is 54.4 Å². The summed E-state index contributed by atoms with van der Waals surface area (Å²) >= 11 is 0. The van der Waals surface area contributed by atoms with Crippen LogP contribution in [0, 0.1) is 13.2 Å². The Morgan fingerprint density at radius 2 is 1.04 bits per heavy atom. The van der Waals surface area contributed by atoms with Gasteiger partial charge in [0.25, 0.3) is 0 Å². The zero-order valence-corrected chi connectivity index (χ0v) is 20.6. The summed E-state index contributed by atoms with van der Waals surface area (Å²) in [5, 5.41) is 0. The molecular formula is C14H28O8P2V2-2. The average molecular weight is 488 g/mol. The van der Waals surface area contributed by atoms with Crippen LogP contribution in [-0.4, -0.2) is 24.4 Å². The molecule has 0 aromatic carbocycles. The first-order valence-corrected chi connectivity index (χ1v) is 10.7. The minimum absolute atomic E-state index is 0. The smallest absolute Gasteiger partial charge is 0.444 e. The molecule has 0 amide bonds. The van der Waals surface area contributed by atoms with Crippen LogP contribution in [0.3, 0.4) is 0 Å². The molecule has 2 fully saturated rings. The number of rotatable bonds is 2. The van der Waals surface area contributed by atoms with E-state index in [1.54, 1.807) is 41.5 Å². The Labute approximate surface area is 180 Å². The van der Waals surface area contributed by atoms with E-state index in [-0.39, 0.29) is 37.1 Å². The fourth-order valence-corrected chi connectivity index (χ4v) is 4.43. The molecule has 2 radical (unpaired) electrons. The summed E-state index contributed by atoms with van der Waals surface area (Å²) < 4.78 is 52.9. The zero-order chi connectivity index (χ0) is 18.5. The van der Waals surface area contributed by atoms with Crippen LogP contribution in [0.2, 0.25) is 0 Å². The SMILES string of the molecule is CC(C)(C)O[P@@]1(=O)O[CH-]CCO1.CC(C)(C)O[P@]1(=O)O[CH-]CCO1.[V].[V]. The fraction of sp³-hybridized carbons (Fsp3) is 0.857. The molecular weight excluding hydrogens is 460 g/mol. The molecule has 2 rings (SSSR count). The second-order valence-electron chi connectivity index (χ2n) is 7.09. The van der Waals surface area contributed by atoms with E-state index in [1.807, 2.05) is 0 Å². The standard InChI is InChI=1S/2C7H14O4P.2V/c2*1-7(2,3)11-12(8)9-5-4-6-10-12;;/h2*5H,4,6H2,1-3H3;;/q2*-1;;/t2*12-;;/m10../s1. The molecule has 2 aliphatic rings. The van der Waals surface area contributed by atoms with Gasteiger partial charge in [0.2, 0.25) is 0 Å². The van der Waals surface area contributed by atoms with Crippen LogP contribution in [0.25, 0.3) is 0 Å². The van der Waals surface area contributed by atoms with Crippen LogP contribution in [0.15, 0.2) is 0 Å². The maximum absolute atomic E-state index is 11.6. The van der Waals surface area contributed by atoms with Crippen molar-refractivity contribution in [2.24, 2.45) is 0 Å². The van der Waals surface area contributed by atoms with Gasteiger partial charge in [-0.05, 0) is 41.5 Å². The van der Waals surface area contributed by atoms with E-state index < -0.39 is 26.8 Å². The van der Waals surface area contributed by atoms with Gasteiger partial charge in [-0.3, -0.25) is 18.1 Å². The summed E-state index contributed by atoms with van der Waals surface area (Å²) in [6, 6.07) is 0. The van der Waals surface area contributed by atoms with Gasteiger partial charge in [-0.1, -0.05) is 0 Å². The van der Waals surface area contributed by atoms with E-state index in [0.717, 1.165) is 0 Å². The number of hydrogen-bond donors (Lipinski definition) is 0. The van der Waals surface area contributed by atoms with Crippen molar-refractivity contribution in [3.63, 3.8) is 0 Å². The molecule has 12 heteroatoms. The minimum atomic E-state index is -3.29. The third-order valence-corrected chi connectivity index (χ3v) is 5.50. The number of hydrogen-bond acceptors (Lipinski definition) is 8. The molecule has 2 saturated heterocycles. The topological polar surface area (TPSA) is 89.5 Å². The van der Waals surface area contributed by atoms with Crippen LogP contribution >= 0.6 is 15.6 Å². The summed E-state index contributed by atoms with van der Waals surface area (Å²) in [7, 11) is -6.58. The molecule has 0 spiro atoms. The van der Waals surface area contributed by atoms with Gasteiger partial charge >= 0.3 is 15.6 Å². The largest absolute Gasteiger partial charge is 0.464 e. The molecule has 8 nitrogen and oxygen atoms in total. The summed E-state index contributed by atoms with van der Waals surface area (Å²) in [5.41, 5.74) is -1.03. The van der Waals surface area contributed by atoms with E-state index >= 15 is 0 Å². The Hall–Kier alpha value is 1.39. The molecule has 154 valence electrons. The minimum Gasteiger partial charge on any atom is -0.464 e. The van der Waals surface area contributed by atoms with Crippen molar-refractivity contribution in [2.75, 3.05) is 13.2 Å². The van der Waals surface area contributed by atoms with Gasteiger partial charge in [0, 0.05) is 50.3 Å². The molecule has 2 aliphatic heterocycles. The van der Waals surface area contributed by atoms with Crippen LogP contribution in [-0.2, 0) is 73.4 Å². The van der Waals surface area contributed by atoms with E-state index in [0.29, 0.717) is 26.1 Å². The van der Waals surface area contributed by atoms with Crippen LogP contribution in [0.4, 0.5) is 0 Å². The third-order valence-electron chi connectivity index (χ3n) is 2.15. The summed E-state index contributed by atoms with van der Waals surface area (Å²) in [5.74, 6) is 0. The third kappa shape index (κ3) is 13.5. The average Bonchev–Trinajstić information content (AvgIpc) is 2.35. The van der Waals surface area contributed by atoms with Gasteiger partial charge in [0.05, 0.1) is 11.2 Å². The monoisotopic (exact) mass is 488 g/mol. The molecule has 0 aliphatic carbocycles. The van der Waals surface area contributed by atoms with E-state index in [9.17, 15) is 9.13 Å². The van der Waals surface area contributed by atoms with Crippen LogP contribution < -0.4 is 0 Å². The van der Waals surface area contributed by atoms with Gasteiger partial charge in [0.15, 0.2) is 0 Å². The molecule has 2 atom stereocenters. The van der Waals surface area contributed by atoms with Crippen molar-refractivity contribution in [1.29, 1.82) is 0 Å². The first kappa shape index (κ1) is 29.6. The second-order valence-corrected chi connectivity index (χ2v) is 10.2. The maximum atomic E-state index is 11.6. The molecule has 0 N–H and O–H groups in total. The molecule has 0 bridgehead atoms. The van der Waals surface area contributed by atoms with Crippen molar-refractivity contribution in [1.82, 2.24) is 0 Å². The summed E-state index contributed by atoms with van der Waals surface area (Å²) in [4.78, 5) is 0. The molecule has 26 heavy (non-hydrogen) atoms. The van der Waals surface area contributed by atoms with Gasteiger partial charge in [-0.2, -0.15) is 13.2 Å². The normalized spacial score (nSPS) is 29.5. The summed E-state index contributed by atoms with van der Waals surface area (Å²) in [6.45, 7) is 14.5. The van der Waals surface area contributed by atoms with Gasteiger partial charge in [-0.15, -0.1) is 12.8 Å². The van der Waals surface area contributed by atoms with Gasteiger partial charge in [0.1, 0.15) is 0 Å². The van der Waals surface area contributed by atoms with E-state index in [2.05, 4.69) is 0 Å². The van der Waals surface area contributed by atoms with Crippen molar-refractivity contribution in [2.45, 2.75) is 65.6 Å². The number of phosphoric acid groups is 2. The quantitative estimate of drug-likeness (QED) is 0.396. The Kier molecular flexibility index (Phi) is 13.8. The predicted octanol–water partition coefficient (Wildman–Crippen LogP) is 5.01. The van der Waals surface area contributed by atoms with E-state index in [4.69, 9.17) is 27.1 Å². The zero-order valence-electron chi connectivity index (χ0n) is 16.0. The predicted molar refractivity (Wildman–Crippen MR) is 88.8 cm³/mol. The van der Waals surface area contributed by atoms with Crippen LogP contribution in [0.5, 0.6) is 0 Å². The van der Waals surface area contributed by atoms with Crippen molar-refractivity contribution in [3.8, 4) is 0 Å². The molecule has 0 aromatic rings. The second kappa shape index (κ2) is 12.2.